The summed E-state index contributed by atoms with van der Waals surface area (Å²) < 4.78 is 31.4. The minimum atomic E-state index is -0.924. The van der Waals surface area contributed by atoms with Crippen LogP contribution >= 0.6 is 15.9 Å². The van der Waals surface area contributed by atoms with Crippen molar-refractivity contribution in [3.63, 3.8) is 0 Å². The summed E-state index contributed by atoms with van der Waals surface area (Å²) in [6.45, 7) is 1.47. The van der Waals surface area contributed by atoms with Gasteiger partial charge < -0.3 is 4.74 Å². The lowest BCUT2D eigenvalue weighted by molar-refractivity contribution is -0.128. The van der Waals surface area contributed by atoms with E-state index >= 15 is 0 Å². The van der Waals surface area contributed by atoms with Crippen LogP contribution in [0, 0.1) is 11.6 Å². The van der Waals surface area contributed by atoms with Crippen molar-refractivity contribution >= 4 is 27.7 Å². The van der Waals surface area contributed by atoms with Crippen molar-refractivity contribution in [3.8, 4) is 5.75 Å². The van der Waals surface area contributed by atoms with Gasteiger partial charge in [-0.3, -0.25) is 20.4 Å². The molecule has 2 N–H and O–H groups in total. The molecule has 2 aromatic carbocycles. The Labute approximate surface area is 145 Å². The van der Waals surface area contributed by atoms with E-state index in [1.165, 1.54) is 37.3 Å². The highest BCUT2D eigenvalue weighted by Gasteiger charge is 2.17. The van der Waals surface area contributed by atoms with Gasteiger partial charge in [-0.15, -0.1) is 0 Å². The molecule has 0 aromatic heterocycles. The molecule has 0 saturated carbocycles. The Hall–Kier alpha value is -2.48. The quantitative estimate of drug-likeness (QED) is 0.778. The van der Waals surface area contributed by atoms with Gasteiger partial charge in [-0.2, -0.15) is 0 Å². The molecule has 2 aromatic rings. The van der Waals surface area contributed by atoms with Crippen LogP contribution in [0.3, 0.4) is 0 Å². The number of amides is 2. The van der Waals surface area contributed by atoms with E-state index in [0.29, 0.717) is 5.75 Å². The van der Waals surface area contributed by atoms with Crippen molar-refractivity contribution in [1.82, 2.24) is 10.9 Å². The molecule has 24 heavy (non-hydrogen) atoms. The Morgan fingerprint density at radius 3 is 2.29 bits per heavy atom. The molecule has 0 aliphatic rings. The molecule has 126 valence electrons. The number of carbonyl (C=O) groups excluding carboxylic acids is 2. The van der Waals surface area contributed by atoms with Crippen molar-refractivity contribution in [2.75, 3.05) is 0 Å². The summed E-state index contributed by atoms with van der Waals surface area (Å²) in [5, 5.41) is 0. The minimum absolute atomic E-state index is 0.156. The molecule has 0 fully saturated rings. The van der Waals surface area contributed by atoms with Gasteiger partial charge in [0.15, 0.2) is 6.10 Å². The summed E-state index contributed by atoms with van der Waals surface area (Å²) in [4.78, 5) is 23.8. The summed E-state index contributed by atoms with van der Waals surface area (Å²) in [5.41, 5.74) is 4.56. The standard InChI is InChI=1S/C16H13BrF2N2O3/c1-9(24-12-5-2-10(18)3-6-12)15(22)20-21-16(23)13-7-4-11(19)8-14(13)17/h2-9H,1H3,(H,20,22)(H,21,23)/t9-/m0/s1. The third-order valence-electron chi connectivity index (χ3n) is 2.97. The molecule has 8 heteroatoms. The highest BCUT2D eigenvalue weighted by molar-refractivity contribution is 9.10. The van der Waals surface area contributed by atoms with E-state index in [-0.39, 0.29) is 10.0 Å². The number of carbonyl (C=O) groups is 2. The molecule has 2 rings (SSSR count). The summed E-state index contributed by atoms with van der Waals surface area (Å²) in [6, 6.07) is 8.71. The number of nitrogens with one attached hydrogen (secondary N) is 2. The predicted molar refractivity (Wildman–Crippen MR) is 86.2 cm³/mol. The lowest BCUT2D eigenvalue weighted by atomic mass is 10.2. The topological polar surface area (TPSA) is 67.4 Å². The first-order valence-electron chi connectivity index (χ1n) is 6.84. The van der Waals surface area contributed by atoms with Crippen molar-refractivity contribution in [3.05, 3.63) is 64.1 Å². The predicted octanol–water partition coefficient (Wildman–Crippen LogP) is 2.96. The van der Waals surface area contributed by atoms with Gasteiger partial charge in [-0.25, -0.2) is 8.78 Å². The third kappa shape index (κ3) is 4.76. The third-order valence-corrected chi connectivity index (χ3v) is 3.63. The lowest BCUT2D eigenvalue weighted by Gasteiger charge is -2.15. The monoisotopic (exact) mass is 398 g/mol. The Morgan fingerprint density at radius 2 is 1.67 bits per heavy atom. The maximum atomic E-state index is 13.0. The van der Waals surface area contributed by atoms with E-state index in [1.54, 1.807) is 0 Å². The fraction of sp³-hybridized carbons (Fsp3) is 0.125. The van der Waals surface area contributed by atoms with Crippen LogP contribution in [-0.2, 0) is 4.79 Å². The molecule has 2 amide bonds. The van der Waals surface area contributed by atoms with E-state index in [2.05, 4.69) is 26.8 Å². The molecule has 1 atom stereocenters. The van der Waals surface area contributed by atoms with Crippen molar-refractivity contribution < 1.29 is 23.1 Å². The van der Waals surface area contributed by atoms with Crippen molar-refractivity contribution in [2.45, 2.75) is 13.0 Å². The van der Waals surface area contributed by atoms with Gasteiger partial charge in [0.05, 0.1) is 5.56 Å². The number of hydrogen-bond acceptors (Lipinski definition) is 3. The molecule has 0 bridgehead atoms. The minimum Gasteiger partial charge on any atom is -0.481 e. The van der Waals surface area contributed by atoms with Gasteiger partial charge in [-0.05, 0) is 65.3 Å². The van der Waals surface area contributed by atoms with Gasteiger partial charge in [0, 0.05) is 4.47 Å². The second-order valence-corrected chi connectivity index (χ2v) is 5.64. The van der Waals surface area contributed by atoms with E-state index in [9.17, 15) is 18.4 Å². The molecule has 0 heterocycles. The summed E-state index contributed by atoms with van der Waals surface area (Å²) >= 11 is 3.06. The van der Waals surface area contributed by atoms with E-state index in [4.69, 9.17) is 4.74 Å². The first-order chi connectivity index (χ1) is 11.4. The SMILES string of the molecule is C[C@H](Oc1ccc(F)cc1)C(=O)NNC(=O)c1ccc(F)cc1Br. The molecule has 5 nitrogen and oxygen atoms in total. The molecule has 0 saturated heterocycles. The van der Waals surface area contributed by atoms with E-state index in [0.717, 1.165) is 12.1 Å². The second kappa shape index (κ2) is 7.87. The average molecular weight is 399 g/mol. The summed E-state index contributed by atoms with van der Waals surface area (Å²) in [6.07, 6.45) is -0.924. The molecule has 0 radical (unpaired) electrons. The van der Waals surface area contributed by atoms with Gasteiger partial charge in [0.25, 0.3) is 11.8 Å². The van der Waals surface area contributed by atoms with Gasteiger partial charge in [0.2, 0.25) is 0 Å². The zero-order valence-corrected chi connectivity index (χ0v) is 14.1. The Morgan fingerprint density at radius 1 is 1.04 bits per heavy atom. The van der Waals surface area contributed by atoms with Crippen LogP contribution in [-0.4, -0.2) is 17.9 Å². The van der Waals surface area contributed by atoms with Crippen molar-refractivity contribution in [1.29, 1.82) is 0 Å². The van der Waals surface area contributed by atoms with Gasteiger partial charge in [0.1, 0.15) is 17.4 Å². The smallest absolute Gasteiger partial charge is 0.279 e. The first kappa shape index (κ1) is 17.9. The number of benzene rings is 2. The summed E-state index contributed by atoms with van der Waals surface area (Å²) in [7, 11) is 0. The van der Waals surface area contributed by atoms with Crippen LogP contribution in [0.5, 0.6) is 5.75 Å². The van der Waals surface area contributed by atoms with E-state index in [1.807, 2.05) is 0 Å². The fourth-order valence-electron chi connectivity index (χ4n) is 1.73. The zero-order valence-electron chi connectivity index (χ0n) is 12.5. The molecule has 0 aliphatic heterocycles. The zero-order chi connectivity index (χ0) is 17.7. The van der Waals surface area contributed by atoms with Crippen LogP contribution in [0.2, 0.25) is 0 Å². The average Bonchev–Trinajstić information content (AvgIpc) is 2.54. The van der Waals surface area contributed by atoms with Crippen LogP contribution in [0.1, 0.15) is 17.3 Å². The maximum absolute atomic E-state index is 13.0. The van der Waals surface area contributed by atoms with E-state index < -0.39 is 29.6 Å². The maximum Gasteiger partial charge on any atom is 0.279 e. The number of rotatable bonds is 4. The summed E-state index contributed by atoms with van der Waals surface area (Å²) in [5.74, 6) is -1.83. The van der Waals surface area contributed by atoms with Crippen molar-refractivity contribution in [2.24, 2.45) is 0 Å². The Kier molecular flexibility index (Phi) is 5.86. The lowest BCUT2D eigenvalue weighted by Crippen LogP contribution is -2.47. The first-order valence-corrected chi connectivity index (χ1v) is 7.63. The van der Waals surface area contributed by atoms with Crippen LogP contribution in [0.15, 0.2) is 46.9 Å². The number of hydrazine groups is 1. The van der Waals surface area contributed by atoms with Gasteiger partial charge in [-0.1, -0.05) is 0 Å². The molecule has 0 unspecified atom stereocenters. The highest BCUT2D eigenvalue weighted by Crippen LogP contribution is 2.17. The van der Waals surface area contributed by atoms with Gasteiger partial charge >= 0.3 is 0 Å². The normalized spacial score (nSPS) is 11.5. The Bertz CT molecular complexity index is 753. The number of halogens is 3. The molecule has 0 spiro atoms. The second-order valence-electron chi connectivity index (χ2n) is 4.78. The number of hydrogen-bond donors (Lipinski definition) is 2. The van der Waals surface area contributed by atoms with Crippen LogP contribution in [0.4, 0.5) is 8.78 Å². The molecule has 0 aliphatic carbocycles. The largest absolute Gasteiger partial charge is 0.481 e. The number of ether oxygens (including phenoxy) is 1. The fourth-order valence-corrected chi connectivity index (χ4v) is 2.26. The molecular formula is C16H13BrF2N2O3. The van der Waals surface area contributed by atoms with Crippen LogP contribution in [0.25, 0.3) is 0 Å². The highest BCUT2D eigenvalue weighted by atomic mass is 79.9. The molecular weight excluding hydrogens is 386 g/mol. The van der Waals surface area contributed by atoms with Crippen LogP contribution < -0.4 is 15.6 Å². The Balaban J connectivity index is 1.89.